The standard InChI is InChI=1S/C20H36N6/c1-5-21-20(22-11-17(3)25-9-6-7-16(2)13-25)26-10-8-18(15-26)19-12-23-24(4)14-19/h12,14,16-18H,5-11,13,15H2,1-4H3,(H,21,22). The zero-order chi connectivity index (χ0) is 18.5. The second kappa shape index (κ2) is 8.89. The van der Waals surface area contributed by atoms with Gasteiger partial charge in [-0.2, -0.15) is 5.10 Å². The molecule has 6 nitrogen and oxygen atoms in total. The normalized spacial score (nSPS) is 26.3. The molecule has 1 aromatic heterocycles. The van der Waals surface area contributed by atoms with Crippen LogP contribution in [0, 0.1) is 5.92 Å². The highest BCUT2D eigenvalue weighted by molar-refractivity contribution is 5.80. The molecular formula is C20H36N6. The lowest BCUT2D eigenvalue weighted by Gasteiger charge is -2.35. The van der Waals surface area contributed by atoms with Crippen molar-refractivity contribution in [1.29, 1.82) is 0 Å². The molecular weight excluding hydrogens is 324 g/mol. The number of guanidine groups is 1. The minimum absolute atomic E-state index is 0.517. The van der Waals surface area contributed by atoms with Gasteiger partial charge in [-0.1, -0.05) is 6.92 Å². The van der Waals surface area contributed by atoms with Crippen LogP contribution >= 0.6 is 0 Å². The Kier molecular flexibility index (Phi) is 6.57. The fraction of sp³-hybridized carbons (Fsp3) is 0.800. The van der Waals surface area contributed by atoms with E-state index in [-0.39, 0.29) is 0 Å². The lowest BCUT2D eigenvalue weighted by Crippen LogP contribution is -2.44. The van der Waals surface area contributed by atoms with Crippen molar-refractivity contribution in [2.75, 3.05) is 39.3 Å². The van der Waals surface area contributed by atoms with Crippen molar-refractivity contribution in [3.05, 3.63) is 18.0 Å². The van der Waals surface area contributed by atoms with Gasteiger partial charge in [-0.25, -0.2) is 0 Å². The summed E-state index contributed by atoms with van der Waals surface area (Å²) in [5.74, 6) is 2.46. The number of aliphatic imine (C=N–C) groups is 1. The molecule has 3 atom stereocenters. The molecule has 0 amide bonds. The van der Waals surface area contributed by atoms with Crippen molar-refractivity contribution in [3.63, 3.8) is 0 Å². The summed E-state index contributed by atoms with van der Waals surface area (Å²) in [7, 11) is 1.99. The number of aromatic nitrogens is 2. The summed E-state index contributed by atoms with van der Waals surface area (Å²) in [6.07, 6.45) is 8.04. The van der Waals surface area contributed by atoms with E-state index >= 15 is 0 Å². The molecule has 0 radical (unpaired) electrons. The number of rotatable bonds is 5. The van der Waals surface area contributed by atoms with E-state index < -0.39 is 0 Å². The predicted molar refractivity (Wildman–Crippen MR) is 108 cm³/mol. The Hall–Kier alpha value is -1.56. The summed E-state index contributed by atoms with van der Waals surface area (Å²) in [6.45, 7) is 13.2. The van der Waals surface area contributed by atoms with Crippen LogP contribution in [0.3, 0.4) is 0 Å². The van der Waals surface area contributed by atoms with Crippen LogP contribution in [-0.2, 0) is 7.05 Å². The van der Waals surface area contributed by atoms with Gasteiger partial charge in [0.25, 0.3) is 0 Å². The van der Waals surface area contributed by atoms with Gasteiger partial charge in [0, 0.05) is 51.4 Å². The Morgan fingerprint density at radius 1 is 1.35 bits per heavy atom. The Morgan fingerprint density at radius 2 is 2.19 bits per heavy atom. The van der Waals surface area contributed by atoms with E-state index in [0.29, 0.717) is 12.0 Å². The first-order chi connectivity index (χ1) is 12.6. The van der Waals surface area contributed by atoms with E-state index in [1.165, 1.54) is 37.9 Å². The van der Waals surface area contributed by atoms with Gasteiger partial charge in [0.05, 0.1) is 12.7 Å². The molecule has 0 aromatic carbocycles. The molecule has 0 aliphatic carbocycles. The molecule has 6 heteroatoms. The molecule has 1 N–H and O–H groups in total. The topological polar surface area (TPSA) is 48.7 Å². The summed E-state index contributed by atoms with van der Waals surface area (Å²) in [4.78, 5) is 10.0. The molecule has 2 aliphatic heterocycles. The summed E-state index contributed by atoms with van der Waals surface area (Å²) < 4.78 is 1.90. The molecule has 2 saturated heterocycles. The first kappa shape index (κ1) is 19.2. The molecule has 0 saturated carbocycles. The van der Waals surface area contributed by atoms with Crippen LogP contribution in [0.25, 0.3) is 0 Å². The zero-order valence-electron chi connectivity index (χ0n) is 17.0. The van der Waals surface area contributed by atoms with Gasteiger partial charge in [-0.3, -0.25) is 14.6 Å². The van der Waals surface area contributed by atoms with E-state index in [2.05, 4.69) is 47.2 Å². The molecule has 26 heavy (non-hydrogen) atoms. The van der Waals surface area contributed by atoms with Gasteiger partial charge in [-0.15, -0.1) is 0 Å². The Morgan fingerprint density at radius 3 is 2.88 bits per heavy atom. The monoisotopic (exact) mass is 360 g/mol. The van der Waals surface area contributed by atoms with Crippen molar-refractivity contribution in [3.8, 4) is 0 Å². The zero-order valence-corrected chi connectivity index (χ0v) is 17.0. The van der Waals surface area contributed by atoms with Gasteiger partial charge in [-0.05, 0) is 51.1 Å². The number of hydrogen-bond donors (Lipinski definition) is 1. The molecule has 2 fully saturated rings. The minimum Gasteiger partial charge on any atom is -0.357 e. The molecule has 3 unspecified atom stereocenters. The maximum absolute atomic E-state index is 5.00. The number of piperidine rings is 1. The Bertz CT molecular complexity index is 595. The van der Waals surface area contributed by atoms with Gasteiger partial charge in [0.2, 0.25) is 0 Å². The average Bonchev–Trinajstić information content (AvgIpc) is 3.27. The maximum atomic E-state index is 5.00. The number of nitrogens with one attached hydrogen (secondary N) is 1. The van der Waals surface area contributed by atoms with Gasteiger partial charge < -0.3 is 10.2 Å². The second-order valence-electron chi connectivity index (χ2n) is 8.16. The Labute approximate surface area is 158 Å². The first-order valence-electron chi connectivity index (χ1n) is 10.3. The SMILES string of the molecule is CCNC(=NCC(C)N1CCCC(C)C1)N1CCC(c2cnn(C)c2)C1. The van der Waals surface area contributed by atoms with Crippen molar-refractivity contribution in [2.24, 2.45) is 18.0 Å². The summed E-state index contributed by atoms with van der Waals surface area (Å²) in [5, 5.41) is 7.84. The first-order valence-corrected chi connectivity index (χ1v) is 10.3. The molecule has 0 bridgehead atoms. The largest absolute Gasteiger partial charge is 0.357 e. The average molecular weight is 361 g/mol. The van der Waals surface area contributed by atoms with E-state index in [4.69, 9.17) is 4.99 Å². The summed E-state index contributed by atoms with van der Waals surface area (Å²) >= 11 is 0. The third kappa shape index (κ3) is 4.78. The van der Waals surface area contributed by atoms with Crippen LogP contribution in [0.4, 0.5) is 0 Å². The van der Waals surface area contributed by atoms with Gasteiger partial charge in [0.1, 0.15) is 0 Å². The smallest absolute Gasteiger partial charge is 0.193 e. The number of aryl methyl sites for hydroxylation is 1. The lowest BCUT2D eigenvalue weighted by molar-refractivity contribution is 0.142. The van der Waals surface area contributed by atoms with Gasteiger partial charge >= 0.3 is 0 Å². The van der Waals surface area contributed by atoms with Crippen LogP contribution in [-0.4, -0.2) is 70.9 Å². The van der Waals surface area contributed by atoms with Crippen LogP contribution in [0.1, 0.15) is 51.5 Å². The number of nitrogens with zero attached hydrogens (tertiary/aromatic N) is 5. The second-order valence-corrected chi connectivity index (χ2v) is 8.16. The third-order valence-corrected chi connectivity index (χ3v) is 5.84. The quantitative estimate of drug-likeness (QED) is 0.647. The fourth-order valence-electron chi connectivity index (χ4n) is 4.26. The fourth-order valence-corrected chi connectivity index (χ4v) is 4.26. The van der Waals surface area contributed by atoms with Crippen molar-refractivity contribution in [2.45, 2.75) is 52.0 Å². The predicted octanol–water partition coefficient (Wildman–Crippen LogP) is 2.30. The van der Waals surface area contributed by atoms with Crippen molar-refractivity contribution < 1.29 is 0 Å². The van der Waals surface area contributed by atoms with E-state index in [0.717, 1.165) is 38.1 Å². The highest BCUT2D eigenvalue weighted by Crippen LogP contribution is 2.26. The molecule has 3 heterocycles. The molecule has 0 spiro atoms. The van der Waals surface area contributed by atoms with E-state index in [9.17, 15) is 0 Å². The molecule has 146 valence electrons. The molecule has 1 aromatic rings. The summed E-state index contributed by atoms with van der Waals surface area (Å²) in [5.41, 5.74) is 1.35. The lowest BCUT2D eigenvalue weighted by atomic mass is 9.99. The van der Waals surface area contributed by atoms with E-state index in [1.54, 1.807) is 0 Å². The van der Waals surface area contributed by atoms with Crippen LogP contribution < -0.4 is 5.32 Å². The molecule has 2 aliphatic rings. The highest BCUT2D eigenvalue weighted by atomic mass is 15.3. The van der Waals surface area contributed by atoms with Crippen LogP contribution in [0.15, 0.2) is 17.4 Å². The maximum Gasteiger partial charge on any atom is 0.193 e. The third-order valence-electron chi connectivity index (χ3n) is 5.84. The van der Waals surface area contributed by atoms with Crippen molar-refractivity contribution in [1.82, 2.24) is 24.9 Å². The Balaban J connectivity index is 1.58. The highest BCUT2D eigenvalue weighted by Gasteiger charge is 2.27. The van der Waals surface area contributed by atoms with E-state index in [1.807, 2.05) is 17.9 Å². The molecule has 3 rings (SSSR count). The van der Waals surface area contributed by atoms with Crippen LogP contribution in [0.2, 0.25) is 0 Å². The summed E-state index contributed by atoms with van der Waals surface area (Å²) in [6, 6.07) is 0.517. The number of hydrogen-bond acceptors (Lipinski definition) is 3. The van der Waals surface area contributed by atoms with Gasteiger partial charge in [0.15, 0.2) is 5.96 Å². The van der Waals surface area contributed by atoms with Crippen molar-refractivity contribution >= 4 is 5.96 Å². The van der Waals surface area contributed by atoms with Crippen LogP contribution in [0.5, 0.6) is 0 Å². The number of likely N-dealkylation sites (tertiary alicyclic amines) is 2. The minimum atomic E-state index is 0.517.